The van der Waals surface area contributed by atoms with Crippen molar-refractivity contribution < 1.29 is 29.0 Å². The summed E-state index contributed by atoms with van der Waals surface area (Å²) in [4.78, 5) is 35.5. The average molecular weight is 655 g/mol. The molecule has 0 aromatic rings. The summed E-state index contributed by atoms with van der Waals surface area (Å²) in [6.45, 7) is 4.52. The Balaban J connectivity index is 4.00. The van der Waals surface area contributed by atoms with Crippen LogP contribution in [0.15, 0.2) is 11.5 Å². The van der Waals surface area contributed by atoms with E-state index in [1.807, 2.05) is 0 Å². The lowest BCUT2D eigenvalue weighted by atomic mass is 10.0. The number of hydrogen-bond acceptors (Lipinski definition) is 6. The van der Waals surface area contributed by atoms with E-state index in [1.54, 1.807) is 0 Å². The number of hydrogen-bond donors (Lipinski definition) is 1. The number of carbonyl (C=O) groups is 3. The van der Waals surface area contributed by atoms with E-state index >= 15 is 0 Å². The molecular formula is C38H70O6S. The van der Waals surface area contributed by atoms with Gasteiger partial charge in [-0.05, 0) is 18.2 Å². The minimum Gasteiger partial charge on any atom is -0.478 e. The lowest BCUT2D eigenvalue weighted by Gasteiger charge is -2.17. The van der Waals surface area contributed by atoms with Crippen molar-refractivity contribution in [2.24, 2.45) is 0 Å². The van der Waals surface area contributed by atoms with Crippen molar-refractivity contribution in [3.05, 3.63) is 11.5 Å². The average Bonchev–Trinajstić information content (AvgIpc) is 3.02. The van der Waals surface area contributed by atoms with E-state index in [0.29, 0.717) is 18.6 Å². The molecule has 0 saturated carbocycles. The Hall–Kier alpha value is -1.50. The molecule has 0 saturated heterocycles. The second-order valence-electron chi connectivity index (χ2n) is 12.8. The van der Waals surface area contributed by atoms with Crippen LogP contribution in [0.3, 0.4) is 0 Å². The highest BCUT2D eigenvalue weighted by molar-refractivity contribution is 8.02. The zero-order valence-corrected chi connectivity index (χ0v) is 30.2. The number of aliphatic carboxylic acids is 1. The number of carboxylic acids is 1. The Kier molecular flexibility index (Phi) is 34.2. The molecule has 0 amide bonds. The molecule has 6 nitrogen and oxygen atoms in total. The molecule has 0 fully saturated rings. The van der Waals surface area contributed by atoms with Crippen molar-refractivity contribution in [3.63, 3.8) is 0 Å². The van der Waals surface area contributed by atoms with Gasteiger partial charge in [0.2, 0.25) is 0 Å². The first-order chi connectivity index (χ1) is 22.0. The van der Waals surface area contributed by atoms with Gasteiger partial charge in [0.05, 0.1) is 0 Å². The molecule has 264 valence electrons. The second kappa shape index (κ2) is 35.4. The smallest absolute Gasteiger partial charge is 0.328 e. The fourth-order valence-corrected chi connectivity index (χ4v) is 6.17. The number of carbonyl (C=O) groups excluding carboxylic acids is 2. The van der Waals surface area contributed by atoms with Crippen molar-refractivity contribution in [3.8, 4) is 0 Å². The largest absolute Gasteiger partial charge is 0.478 e. The highest BCUT2D eigenvalue weighted by Gasteiger charge is 2.17. The van der Waals surface area contributed by atoms with Gasteiger partial charge in [0, 0.05) is 24.7 Å². The van der Waals surface area contributed by atoms with Gasteiger partial charge in [-0.3, -0.25) is 9.59 Å². The molecule has 7 heteroatoms. The van der Waals surface area contributed by atoms with Gasteiger partial charge in [0.1, 0.15) is 12.7 Å². The van der Waals surface area contributed by atoms with Crippen LogP contribution in [0, 0.1) is 0 Å². The van der Waals surface area contributed by atoms with Gasteiger partial charge < -0.3 is 14.6 Å². The molecule has 1 N–H and O–H groups in total. The molecule has 45 heavy (non-hydrogen) atoms. The normalized spacial score (nSPS) is 12.0. The monoisotopic (exact) mass is 654 g/mol. The number of esters is 2. The summed E-state index contributed by atoms with van der Waals surface area (Å²) in [5.74, 6) is -1.22. The first-order valence-corrected chi connectivity index (χ1v) is 19.9. The summed E-state index contributed by atoms with van der Waals surface area (Å²) in [6.07, 6.45) is 33.8. The summed E-state index contributed by atoms with van der Waals surface area (Å²) < 4.78 is 11.1. The van der Waals surface area contributed by atoms with Crippen molar-refractivity contribution >= 4 is 29.7 Å². The molecule has 0 heterocycles. The molecule has 0 aliphatic rings. The third-order valence-corrected chi connectivity index (χ3v) is 9.18. The molecule has 0 radical (unpaired) electrons. The fourth-order valence-electron chi connectivity index (χ4n) is 5.46. The second-order valence-corrected chi connectivity index (χ2v) is 13.7. The zero-order chi connectivity index (χ0) is 33.1. The third kappa shape index (κ3) is 35.2. The standard InChI is InChI=1S/C38H70O6S/c1-3-5-7-9-11-13-15-17-19-21-23-25-27-29-37(41)43-33-35(34-45-32-31-36(39)40)44-38(42)30-28-26-24-22-20-18-16-14-12-10-8-6-4-2/h31-32,35H,3-30,33-34H2,1-2H3,(H,39,40)/b32-31+/t35-/m1/s1. The van der Waals surface area contributed by atoms with Crippen molar-refractivity contribution in [1.82, 2.24) is 0 Å². The maximum Gasteiger partial charge on any atom is 0.328 e. The predicted octanol–water partition coefficient (Wildman–Crippen LogP) is 11.7. The van der Waals surface area contributed by atoms with Crippen LogP contribution in [0.1, 0.15) is 194 Å². The van der Waals surface area contributed by atoms with E-state index in [1.165, 1.54) is 146 Å². The summed E-state index contributed by atoms with van der Waals surface area (Å²) in [7, 11) is 0. The van der Waals surface area contributed by atoms with Crippen LogP contribution in [0.2, 0.25) is 0 Å². The van der Waals surface area contributed by atoms with Gasteiger partial charge in [0.15, 0.2) is 0 Å². The van der Waals surface area contributed by atoms with E-state index < -0.39 is 12.1 Å². The summed E-state index contributed by atoms with van der Waals surface area (Å²) in [5.41, 5.74) is 0. The van der Waals surface area contributed by atoms with Crippen LogP contribution in [0.25, 0.3) is 0 Å². The van der Waals surface area contributed by atoms with Gasteiger partial charge >= 0.3 is 17.9 Å². The number of unbranched alkanes of at least 4 members (excludes halogenated alkanes) is 24. The third-order valence-electron chi connectivity index (χ3n) is 8.29. The van der Waals surface area contributed by atoms with Crippen molar-refractivity contribution in [2.45, 2.75) is 200 Å². The molecule has 0 aromatic carbocycles. The summed E-state index contributed by atoms with van der Waals surface area (Å²) in [5, 5.41) is 10.3. The lowest BCUT2D eigenvalue weighted by molar-refractivity contribution is -0.157. The maximum atomic E-state index is 12.5. The van der Waals surface area contributed by atoms with Crippen molar-refractivity contribution in [1.29, 1.82) is 0 Å². The van der Waals surface area contributed by atoms with Crippen LogP contribution < -0.4 is 0 Å². The molecule has 0 unspecified atom stereocenters. The maximum absolute atomic E-state index is 12.5. The van der Waals surface area contributed by atoms with E-state index in [0.717, 1.165) is 44.6 Å². The molecule has 0 rings (SSSR count). The molecule has 0 aromatic heterocycles. The van der Waals surface area contributed by atoms with Gasteiger partial charge in [0.25, 0.3) is 0 Å². The molecule has 0 spiro atoms. The molecule has 0 aliphatic carbocycles. The Morgan fingerprint density at radius 2 is 0.911 bits per heavy atom. The van der Waals surface area contributed by atoms with E-state index in [9.17, 15) is 14.4 Å². The summed E-state index contributed by atoms with van der Waals surface area (Å²) in [6, 6.07) is 0. The number of ether oxygens (including phenoxy) is 2. The summed E-state index contributed by atoms with van der Waals surface area (Å²) >= 11 is 1.24. The lowest BCUT2D eigenvalue weighted by Crippen LogP contribution is -2.27. The van der Waals surface area contributed by atoms with E-state index in [2.05, 4.69) is 13.8 Å². The van der Waals surface area contributed by atoms with Gasteiger partial charge in [-0.15, -0.1) is 11.8 Å². The molecule has 0 bridgehead atoms. The fraction of sp³-hybridized carbons (Fsp3) is 0.868. The van der Waals surface area contributed by atoms with E-state index in [4.69, 9.17) is 14.6 Å². The van der Waals surface area contributed by atoms with Crippen molar-refractivity contribution in [2.75, 3.05) is 12.4 Å². The SMILES string of the molecule is CCCCCCCCCCCCCCCC(=O)OC[C@H](CS/C=C/C(=O)O)OC(=O)CCCCCCCCCCCCCCC. The van der Waals surface area contributed by atoms with Gasteiger partial charge in [-0.2, -0.15) is 0 Å². The number of thioether (sulfide) groups is 1. The quantitative estimate of drug-likeness (QED) is 0.0413. The predicted molar refractivity (Wildman–Crippen MR) is 191 cm³/mol. The topological polar surface area (TPSA) is 89.9 Å². The van der Waals surface area contributed by atoms with Crippen LogP contribution in [0.5, 0.6) is 0 Å². The molecule has 1 atom stereocenters. The first-order valence-electron chi connectivity index (χ1n) is 18.9. The molecule has 0 aliphatic heterocycles. The number of carboxylic acid groups (broad SMARTS) is 1. The highest BCUT2D eigenvalue weighted by atomic mass is 32.2. The van der Waals surface area contributed by atoms with Crippen LogP contribution in [-0.2, 0) is 23.9 Å². The van der Waals surface area contributed by atoms with Gasteiger partial charge in [-0.25, -0.2) is 4.79 Å². The number of rotatable bonds is 35. The van der Waals surface area contributed by atoms with Crippen LogP contribution >= 0.6 is 11.8 Å². The zero-order valence-electron chi connectivity index (χ0n) is 29.3. The first kappa shape index (κ1) is 43.5. The van der Waals surface area contributed by atoms with Crippen LogP contribution in [-0.4, -0.2) is 41.5 Å². The Bertz CT molecular complexity index is 710. The highest BCUT2D eigenvalue weighted by Crippen LogP contribution is 2.16. The Morgan fingerprint density at radius 1 is 0.556 bits per heavy atom. The Labute approximate surface area is 281 Å². The minimum absolute atomic E-state index is 0.00946. The molecular weight excluding hydrogens is 584 g/mol. The Morgan fingerprint density at radius 3 is 1.29 bits per heavy atom. The van der Waals surface area contributed by atoms with E-state index in [-0.39, 0.29) is 18.5 Å². The van der Waals surface area contributed by atoms with Gasteiger partial charge in [-0.1, -0.05) is 168 Å². The minimum atomic E-state index is -1.03. The van der Waals surface area contributed by atoms with Crippen LogP contribution in [0.4, 0.5) is 0 Å².